The van der Waals surface area contributed by atoms with Crippen LogP contribution >= 0.6 is 0 Å². The Morgan fingerprint density at radius 3 is 2.74 bits per heavy atom. The van der Waals surface area contributed by atoms with Crippen molar-refractivity contribution in [3.8, 4) is 17.2 Å². The summed E-state index contributed by atoms with van der Waals surface area (Å²) >= 11 is 0. The predicted molar refractivity (Wildman–Crippen MR) is 88.5 cm³/mol. The van der Waals surface area contributed by atoms with Crippen LogP contribution in [0.15, 0.2) is 53.2 Å². The van der Waals surface area contributed by atoms with Gasteiger partial charge in [-0.25, -0.2) is 4.39 Å². The Morgan fingerprint density at radius 1 is 1.07 bits per heavy atom. The lowest BCUT2D eigenvalue weighted by Gasteiger charge is -2.09. The van der Waals surface area contributed by atoms with E-state index in [2.05, 4.69) is 20.2 Å². The molecule has 4 aromatic rings. The van der Waals surface area contributed by atoms with Crippen LogP contribution in [-0.2, 0) is 6.61 Å². The maximum Gasteiger partial charge on any atom is 0.314 e. The molecule has 3 aromatic heterocycles. The van der Waals surface area contributed by atoms with E-state index in [1.165, 1.54) is 6.20 Å². The Labute approximate surface area is 150 Å². The highest BCUT2D eigenvalue weighted by atomic mass is 19.3. The minimum Gasteiger partial charge on any atom is -0.486 e. The van der Waals surface area contributed by atoms with E-state index >= 15 is 0 Å². The van der Waals surface area contributed by atoms with Crippen LogP contribution < -0.4 is 4.74 Å². The summed E-state index contributed by atoms with van der Waals surface area (Å²) in [7, 11) is 0. The van der Waals surface area contributed by atoms with E-state index in [1.807, 2.05) is 12.1 Å². The summed E-state index contributed by atoms with van der Waals surface area (Å²) in [5, 5.41) is 7.46. The number of hydrogen-bond acceptors (Lipinski definition) is 6. The number of nitrogens with zero attached hydrogens (tertiary/aromatic N) is 4. The van der Waals surface area contributed by atoms with E-state index in [0.29, 0.717) is 5.75 Å². The van der Waals surface area contributed by atoms with E-state index < -0.39 is 18.1 Å². The van der Waals surface area contributed by atoms with Gasteiger partial charge in [0.1, 0.15) is 23.9 Å². The highest BCUT2D eigenvalue weighted by Gasteiger charge is 2.18. The van der Waals surface area contributed by atoms with Gasteiger partial charge in [0.15, 0.2) is 0 Å². The normalized spacial score (nSPS) is 11.3. The monoisotopic (exact) mass is 372 g/mol. The average molecular weight is 372 g/mol. The van der Waals surface area contributed by atoms with E-state index in [9.17, 15) is 13.2 Å². The molecule has 0 aliphatic heterocycles. The molecule has 0 amide bonds. The first-order chi connectivity index (χ1) is 13.1. The summed E-state index contributed by atoms with van der Waals surface area (Å²) in [6.07, 6.45) is 0.0324. The van der Waals surface area contributed by atoms with Gasteiger partial charge >= 0.3 is 6.43 Å². The molecule has 0 radical (unpaired) electrons. The number of pyridine rings is 2. The molecule has 0 aliphatic rings. The first-order valence-electron chi connectivity index (χ1n) is 7.84. The molecule has 4 rings (SSSR count). The quantitative estimate of drug-likeness (QED) is 0.519. The maximum absolute atomic E-state index is 14.3. The maximum atomic E-state index is 14.3. The molecule has 0 N–H and O–H groups in total. The molecule has 3 heterocycles. The third-order valence-corrected chi connectivity index (χ3v) is 3.76. The van der Waals surface area contributed by atoms with Crippen LogP contribution in [0, 0.1) is 5.82 Å². The van der Waals surface area contributed by atoms with Gasteiger partial charge < -0.3 is 9.15 Å². The molecule has 0 spiro atoms. The molecule has 0 aliphatic carbocycles. The molecule has 0 saturated heterocycles. The molecule has 0 bridgehead atoms. The topological polar surface area (TPSA) is 73.9 Å². The number of fused-ring (bicyclic) bond motifs is 1. The molecule has 27 heavy (non-hydrogen) atoms. The largest absolute Gasteiger partial charge is 0.486 e. The molecule has 0 fully saturated rings. The van der Waals surface area contributed by atoms with Gasteiger partial charge in [-0.3, -0.25) is 9.97 Å². The fraction of sp³-hybridized carbons (Fsp3) is 0.111. The number of benzene rings is 1. The Kier molecular flexibility index (Phi) is 4.41. The Morgan fingerprint density at radius 2 is 1.96 bits per heavy atom. The summed E-state index contributed by atoms with van der Waals surface area (Å²) < 4.78 is 49.8. The number of ether oxygens (including phenoxy) is 1. The van der Waals surface area contributed by atoms with Crippen molar-refractivity contribution in [2.24, 2.45) is 0 Å². The second-order valence-electron chi connectivity index (χ2n) is 5.51. The van der Waals surface area contributed by atoms with Crippen LogP contribution in [0.5, 0.6) is 5.75 Å². The molecule has 1 aromatic carbocycles. The summed E-state index contributed by atoms with van der Waals surface area (Å²) in [4.78, 5) is 8.20. The van der Waals surface area contributed by atoms with Crippen LogP contribution in [0.3, 0.4) is 0 Å². The molecule has 0 saturated carbocycles. The molecule has 0 atom stereocenters. The molecule has 9 heteroatoms. The van der Waals surface area contributed by atoms with Crippen molar-refractivity contribution in [3.05, 3.63) is 66.2 Å². The Balaban J connectivity index is 1.54. The van der Waals surface area contributed by atoms with Crippen molar-refractivity contribution >= 4 is 10.9 Å². The van der Waals surface area contributed by atoms with E-state index in [0.717, 1.165) is 17.0 Å². The van der Waals surface area contributed by atoms with Gasteiger partial charge in [0.2, 0.25) is 5.89 Å². The van der Waals surface area contributed by atoms with E-state index in [4.69, 9.17) is 9.15 Å². The predicted octanol–water partition coefficient (Wildman–Crippen LogP) is 4.34. The summed E-state index contributed by atoms with van der Waals surface area (Å²) in [6, 6.07) is 10.1. The van der Waals surface area contributed by atoms with Crippen molar-refractivity contribution in [2.75, 3.05) is 0 Å². The van der Waals surface area contributed by atoms with Gasteiger partial charge in [0.05, 0.1) is 11.1 Å². The van der Waals surface area contributed by atoms with Gasteiger partial charge in [0, 0.05) is 17.8 Å². The van der Waals surface area contributed by atoms with Crippen LogP contribution in [0.1, 0.15) is 18.0 Å². The molecule has 0 unspecified atom stereocenters. The number of aromatic nitrogens is 4. The van der Waals surface area contributed by atoms with Crippen molar-refractivity contribution in [3.63, 3.8) is 0 Å². The van der Waals surface area contributed by atoms with Gasteiger partial charge in [-0.1, -0.05) is 6.07 Å². The van der Waals surface area contributed by atoms with Gasteiger partial charge in [-0.2, -0.15) is 8.78 Å². The van der Waals surface area contributed by atoms with E-state index in [1.54, 1.807) is 24.4 Å². The van der Waals surface area contributed by atoms with Gasteiger partial charge in [-0.05, 0) is 30.3 Å². The minimum absolute atomic E-state index is 0.0493. The van der Waals surface area contributed by atoms with Gasteiger partial charge in [0.25, 0.3) is 5.89 Å². The SMILES string of the molecule is Fc1cc(-c2nnc(C(F)F)o2)cnc1COc1cccc2ncccc12. The van der Waals surface area contributed by atoms with Crippen LogP contribution in [-0.4, -0.2) is 20.2 Å². The standard InChI is InChI=1S/C18H11F3N4O2/c19-12-7-10(17-24-25-18(27-17)16(20)21)8-23-14(12)9-26-15-5-1-4-13-11(15)3-2-6-22-13/h1-8,16H,9H2. The molecule has 6 nitrogen and oxygen atoms in total. The summed E-state index contributed by atoms with van der Waals surface area (Å²) in [6.45, 7) is -0.119. The van der Waals surface area contributed by atoms with Crippen molar-refractivity contribution in [1.29, 1.82) is 0 Å². The summed E-state index contributed by atoms with van der Waals surface area (Å²) in [5.41, 5.74) is 0.906. The van der Waals surface area contributed by atoms with E-state index in [-0.39, 0.29) is 23.8 Å². The van der Waals surface area contributed by atoms with Crippen LogP contribution in [0.2, 0.25) is 0 Å². The highest BCUT2D eigenvalue weighted by Crippen LogP contribution is 2.26. The Hall–Kier alpha value is -3.49. The van der Waals surface area contributed by atoms with Crippen molar-refractivity contribution < 1.29 is 22.3 Å². The molecule has 136 valence electrons. The zero-order valence-electron chi connectivity index (χ0n) is 13.6. The lowest BCUT2D eigenvalue weighted by atomic mass is 10.2. The number of alkyl halides is 2. The number of halogens is 3. The van der Waals surface area contributed by atoms with Crippen molar-refractivity contribution in [1.82, 2.24) is 20.2 Å². The zero-order valence-corrected chi connectivity index (χ0v) is 13.6. The first kappa shape index (κ1) is 17.0. The number of rotatable bonds is 5. The van der Waals surface area contributed by atoms with Crippen molar-refractivity contribution in [2.45, 2.75) is 13.0 Å². The smallest absolute Gasteiger partial charge is 0.314 e. The van der Waals surface area contributed by atoms with Crippen LogP contribution in [0.4, 0.5) is 13.2 Å². The lowest BCUT2D eigenvalue weighted by molar-refractivity contribution is 0.116. The molecular formula is C18H11F3N4O2. The fourth-order valence-corrected chi connectivity index (χ4v) is 2.48. The Bertz CT molecular complexity index is 1100. The third-order valence-electron chi connectivity index (χ3n) is 3.76. The third kappa shape index (κ3) is 3.43. The zero-order chi connectivity index (χ0) is 18.8. The second kappa shape index (κ2) is 7.02. The molecular weight excluding hydrogens is 361 g/mol. The number of hydrogen-bond donors (Lipinski definition) is 0. The first-order valence-corrected chi connectivity index (χ1v) is 7.84. The van der Waals surface area contributed by atoms with Gasteiger partial charge in [-0.15, -0.1) is 10.2 Å². The lowest BCUT2D eigenvalue weighted by Crippen LogP contribution is -2.02. The second-order valence-corrected chi connectivity index (χ2v) is 5.51. The fourth-order valence-electron chi connectivity index (χ4n) is 2.48. The van der Waals surface area contributed by atoms with Crippen LogP contribution in [0.25, 0.3) is 22.4 Å². The summed E-state index contributed by atoms with van der Waals surface area (Å²) in [5.74, 6) is -1.20. The average Bonchev–Trinajstić information content (AvgIpc) is 3.17. The minimum atomic E-state index is -2.90. The highest BCUT2D eigenvalue weighted by molar-refractivity contribution is 5.84.